The van der Waals surface area contributed by atoms with Crippen molar-refractivity contribution in [3.8, 4) is 0 Å². The first-order valence-electron chi connectivity index (χ1n) is 31.8. The average Bonchev–Trinajstić information content (AvgIpc) is 1.64. The van der Waals surface area contributed by atoms with Crippen molar-refractivity contribution >= 4 is 64.1 Å². The van der Waals surface area contributed by atoms with Crippen LogP contribution in [0.5, 0.6) is 0 Å². The zero-order valence-corrected chi connectivity index (χ0v) is 53.1. The minimum Gasteiger partial charge on any atom is -0.395 e. The van der Waals surface area contributed by atoms with Gasteiger partial charge in [0.15, 0.2) is 0 Å². The van der Waals surface area contributed by atoms with Gasteiger partial charge in [0.05, 0.1) is 25.4 Å². The number of para-hydroxylation sites is 1. The Morgan fingerprint density at radius 1 is 0.457 bits per heavy atom. The Morgan fingerprint density at radius 3 is 1.27 bits per heavy atom. The standard InChI is InChI=1S/C69H89N13O12/c1-44(84)60(62(71)87)79-68(93)57(40-49-25-13-6-14-26-49)78-69(94)61(45(2)85)80-63(88)53(29-17-18-30-70)74-67(92)58(41-50-42-72-52-28-16-15-27-51(50)52)77-66(91)56(39-48-23-11-5-12-24-48)76-65(90)55(38-47-21-9-4-10-22-47)75-64(89)54(37-46-19-7-3-8-20-46)73-59(86)43-82-33-31-81(32-34-82)35-36-83/h3-16,19-28,42,44-45,53-58,60-61,72,83-85H,17-18,29-41,43,70H2,1-2H3,(H2,71,87)(H,73,86)(H,74,92)(H,75,89)(H,76,90)(H,77,91)(H,78,94)(H,79,93)(H,80,88)/t44-,45-,53+,54-,55+,56+,57+,58-,60+,61+/m1/s1. The Balaban J connectivity index is 1.15. The molecule has 0 aliphatic carbocycles. The summed E-state index contributed by atoms with van der Waals surface area (Å²) in [6.45, 7) is 5.73. The van der Waals surface area contributed by atoms with E-state index in [-0.39, 0.29) is 58.2 Å². The number of carbonyl (C=O) groups excluding carboxylic acids is 9. The van der Waals surface area contributed by atoms with Crippen molar-refractivity contribution in [3.05, 3.63) is 180 Å². The second-order valence-corrected chi connectivity index (χ2v) is 23.7. The first-order valence-corrected chi connectivity index (χ1v) is 31.8. The average molecular weight is 1290 g/mol. The van der Waals surface area contributed by atoms with Crippen LogP contribution in [-0.4, -0.2) is 196 Å². The SMILES string of the molecule is C[C@@H](O)[C@H](NC(=O)[C@H](Cc1ccccc1)NC(=O)[C@@H](NC(=O)[C@H](CCCCN)NC(=O)[C@@H](Cc1c[nH]c2ccccc12)NC(=O)[C@H](Cc1ccccc1)NC(=O)[C@H](Cc1ccccc1)NC(=O)[C@@H](Cc1ccccc1)NC(=O)CN1CCN(CCO)CC1)[C@@H](C)O)C(N)=O. The van der Waals surface area contributed by atoms with Crippen molar-refractivity contribution < 1.29 is 58.5 Å². The molecule has 1 aliphatic rings. The molecule has 94 heavy (non-hydrogen) atoms. The molecule has 5 aromatic carbocycles. The molecule has 1 fully saturated rings. The van der Waals surface area contributed by atoms with E-state index in [4.69, 9.17) is 11.5 Å². The Bertz CT molecular complexity index is 3430. The molecule has 0 unspecified atom stereocenters. The summed E-state index contributed by atoms with van der Waals surface area (Å²) < 4.78 is 0. The lowest BCUT2D eigenvalue weighted by molar-refractivity contribution is -0.137. The largest absolute Gasteiger partial charge is 0.395 e. The lowest BCUT2D eigenvalue weighted by Gasteiger charge is -2.34. The third-order valence-electron chi connectivity index (χ3n) is 16.4. The first kappa shape index (κ1) is 72.1. The molecule has 1 aromatic heterocycles. The van der Waals surface area contributed by atoms with Gasteiger partial charge in [0, 0.05) is 81.9 Å². The van der Waals surface area contributed by atoms with Gasteiger partial charge in [0.2, 0.25) is 53.2 Å². The summed E-state index contributed by atoms with van der Waals surface area (Å²) in [7, 11) is 0. The van der Waals surface area contributed by atoms with Gasteiger partial charge in [0.1, 0.15) is 48.3 Å². The van der Waals surface area contributed by atoms with Gasteiger partial charge in [-0.15, -0.1) is 0 Å². The van der Waals surface area contributed by atoms with Gasteiger partial charge in [-0.2, -0.15) is 0 Å². The van der Waals surface area contributed by atoms with Gasteiger partial charge < -0.3 is 74.3 Å². The minimum absolute atomic E-state index is 0.00818. The number of amides is 9. The van der Waals surface area contributed by atoms with Crippen LogP contribution in [0, 0.1) is 0 Å². The molecule has 25 heteroatoms. The van der Waals surface area contributed by atoms with Gasteiger partial charge in [-0.3, -0.25) is 53.0 Å². The third-order valence-corrected chi connectivity index (χ3v) is 16.4. The topological polar surface area (TPSA) is 385 Å². The van der Waals surface area contributed by atoms with Gasteiger partial charge >= 0.3 is 0 Å². The van der Waals surface area contributed by atoms with Crippen LogP contribution in [0.2, 0.25) is 0 Å². The minimum atomic E-state index is -1.74. The number of hydrogen-bond acceptors (Lipinski definition) is 15. The van der Waals surface area contributed by atoms with E-state index < -0.39 is 114 Å². The number of nitrogens with one attached hydrogen (secondary N) is 9. The van der Waals surface area contributed by atoms with Gasteiger partial charge in [0.25, 0.3) is 0 Å². The van der Waals surface area contributed by atoms with Gasteiger partial charge in [-0.05, 0) is 73.5 Å². The number of aromatic nitrogens is 1. The molecule has 0 bridgehead atoms. The predicted molar refractivity (Wildman–Crippen MR) is 353 cm³/mol. The van der Waals surface area contributed by atoms with Crippen LogP contribution in [0.1, 0.15) is 60.9 Å². The van der Waals surface area contributed by atoms with Gasteiger partial charge in [-0.1, -0.05) is 140 Å². The summed E-state index contributed by atoms with van der Waals surface area (Å²) in [5.41, 5.74) is 15.3. The third kappa shape index (κ3) is 22.4. The number of unbranched alkanes of at least 4 members (excludes halogenated alkanes) is 1. The van der Waals surface area contributed by atoms with Crippen molar-refractivity contribution in [3.63, 3.8) is 0 Å². The number of rotatable bonds is 36. The molecule has 9 amide bonds. The van der Waals surface area contributed by atoms with E-state index in [0.717, 1.165) is 16.5 Å². The number of β-amino-alcohol motifs (C(OH)–C–C–N with tert-alkyl or cyclic N) is 1. The molecule has 0 saturated carbocycles. The summed E-state index contributed by atoms with van der Waals surface area (Å²) in [5, 5.41) is 53.4. The van der Waals surface area contributed by atoms with E-state index in [2.05, 4.69) is 52.4 Å². The first-order chi connectivity index (χ1) is 45.3. The molecular weight excluding hydrogens is 1200 g/mol. The highest BCUT2D eigenvalue weighted by atomic mass is 16.3. The number of piperazine rings is 1. The number of primary amides is 1. The van der Waals surface area contributed by atoms with Crippen molar-refractivity contribution in [2.45, 2.75) is 126 Å². The lowest BCUT2D eigenvalue weighted by atomic mass is 9.99. The molecule has 7 rings (SSSR count). The number of hydrogen-bond donors (Lipinski definition) is 14. The van der Waals surface area contributed by atoms with Crippen LogP contribution >= 0.6 is 0 Å². The summed E-state index contributed by atoms with van der Waals surface area (Å²) in [6.07, 6.45) is -0.987. The van der Waals surface area contributed by atoms with Crippen molar-refractivity contribution in [1.82, 2.24) is 57.3 Å². The van der Waals surface area contributed by atoms with Crippen LogP contribution < -0.4 is 54.0 Å². The monoisotopic (exact) mass is 1290 g/mol. The maximum absolute atomic E-state index is 15.2. The molecular formula is C69H89N13O12. The summed E-state index contributed by atoms with van der Waals surface area (Å²) in [5.74, 6) is -7.36. The van der Waals surface area contributed by atoms with Crippen LogP contribution in [-0.2, 0) is 75.3 Å². The fourth-order valence-electron chi connectivity index (χ4n) is 11.2. The molecule has 16 N–H and O–H groups in total. The van der Waals surface area contributed by atoms with Crippen molar-refractivity contribution in [2.24, 2.45) is 11.5 Å². The van der Waals surface area contributed by atoms with Crippen molar-refractivity contribution in [2.75, 3.05) is 52.4 Å². The Kier molecular flexibility index (Phi) is 28.2. The Morgan fingerprint density at radius 2 is 0.830 bits per heavy atom. The Hall–Kier alpha value is -9.37. The van der Waals surface area contributed by atoms with Crippen molar-refractivity contribution in [1.29, 1.82) is 0 Å². The smallest absolute Gasteiger partial charge is 0.245 e. The summed E-state index contributed by atoms with van der Waals surface area (Å²) in [6, 6.07) is 31.3. The highest BCUT2D eigenvalue weighted by Gasteiger charge is 2.37. The number of fused-ring (bicyclic) bond motifs is 1. The fraction of sp³-hybridized carbons (Fsp3) is 0.406. The molecule has 2 heterocycles. The number of nitrogens with two attached hydrogens (primary N) is 2. The predicted octanol–water partition coefficient (Wildman–Crippen LogP) is -0.455. The number of aliphatic hydroxyl groups excluding tert-OH is 3. The number of aromatic amines is 1. The number of aliphatic hydroxyl groups is 3. The van der Waals surface area contributed by atoms with E-state index in [1.165, 1.54) is 13.8 Å². The van der Waals surface area contributed by atoms with E-state index >= 15 is 14.4 Å². The van der Waals surface area contributed by atoms with Crippen LogP contribution in [0.25, 0.3) is 10.9 Å². The summed E-state index contributed by atoms with van der Waals surface area (Å²) in [4.78, 5) is 136. The molecule has 0 spiro atoms. The number of nitrogens with zero attached hydrogens (tertiary/aromatic N) is 2. The fourth-order valence-corrected chi connectivity index (χ4v) is 11.2. The molecule has 10 atom stereocenters. The number of H-pyrrole nitrogens is 1. The Labute approximate surface area is 546 Å². The van der Waals surface area contributed by atoms with E-state index in [1.54, 1.807) is 103 Å². The molecule has 502 valence electrons. The second kappa shape index (κ2) is 36.8. The zero-order valence-electron chi connectivity index (χ0n) is 53.1. The van der Waals surface area contributed by atoms with E-state index in [0.29, 0.717) is 67.8 Å². The maximum atomic E-state index is 15.2. The molecule has 1 saturated heterocycles. The molecule has 1 aliphatic heterocycles. The van der Waals surface area contributed by atoms with Crippen LogP contribution in [0.15, 0.2) is 152 Å². The molecule has 0 radical (unpaired) electrons. The quantitative estimate of drug-likeness (QED) is 0.0222. The number of carbonyl (C=O) groups is 9. The van der Waals surface area contributed by atoms with Gasteiger partial charge in [-0.25, -0.2) is 0 Å². The molecule has 25 nitrogen and oxygen atoms in total. The maximum Gasteiger partial charge on any atom is 0.245 e. The summed E-state index contributed by atoms with van der Waals surface area (Å²) >= 11 is 0. The van der Waals surface area contributed by atoms with Crippen LogP contribution in [0.4, 0.5) is 0 Å². The lowest BCUT2D eigenvalue weighted by Crippen LogP contribution is -2.62. The van der Waals surface area contributed by atoms with E-state index in [1.807, 2.05) is 53.4 Å². The zero-order chi connectivity index (χ0) is 67.5. The highest BCUT2D eigenvalue weighted by Crippen LogP contribution is 2.21. The van der Waals surface area contributed by atoms with E-state index in [9.17, 15) is 44.1 Å². The highest BCUT2D eigenvalue weighted by molar-refractivity contribution is 5.99. The normalized spacial score (nSPS) is 15.8. The van der Waals surface area contributed by atoms with Crippen LogP contribution in [0.3, 0.4) is 0 Å². The molecule has 6 aromatic rings. The second-order valence-electron chi connectivity index (χ2n) is 23.7. The number of benzene rings is 5.